The number of methoxy groups -OCH3 is 1. The van der Waals surface area contributed by atoms with Gasteiger partial charge in [-0.3, -0.25) is 9.89 Å². The fraction of sp³-hybridized carbons (Fsp3) is 0.303. The van der Waals surface area contributed by atoms with Crippen LogP contribution in [0.1, 0.15) is 39.0 Å². The van der Waals surface area contributed by atoms with E-state index in [-0.39, 0.29) is 28.2 Å². The van der Waals surface area contributed by atoms with E-state index in [0.717, 1.165) is 0 Å². The van der Waals surface area contributed by atoms with Crippen molar-refractivity contribution < 1.29 is 28.6 Å². The van der Waals surface area contributed by atoms with Crippen molar-refractivity contribution >= 4 is 46.7 Å². The zero-order valence-corrected chi connectivity index (χ0v) is 26.9. The van der Waals surface area contributed by atoms with Gasteiger partial charge in [-0.05, 0) is 36.4 Å². The largest absolute Gasteiger partial charge is 0.478 e. The van der Waals surface area contributed by atoms with Crippen molar-refractivity contribution in [1.29, 1.82) is 0 Å². The number of benzene rings is 2. The summed E-state index contributed by atoms with van der Waals surface area (Å²) in [6, 6.07) is 9.41. The number of thiazole rings is 1. The van der Waals surface area contributed by atoms with Crippen molar-refractivity contribution in [2.24, 2.45) is 4.99 Å². The van der Waals surface area contributed by atoms with Crippen LogP contribution in [0.25, 0.3) is 0 Å². The normalized spacial score (nSPS) is 19.5. The number of aromatic carboxylic acids is 1. The molecule has 2 fully saturated rings. The van der Waals surface area contributed by atoms with Crippen molar-refractivity contribution in [3.63, 3.8) is 0 Å². The van der Waals surface area contributed by atoms with Crippen LogP contribution in [0, 0.1) is 17.7 Å². The van der Waals surface area contributed by atoms with Gasteiger partial charge in [0, 0.05) is 79.1 Å². The number of ether oxygens (including phenoxy) is 1. The van der Waals surface area contributed by atoms with Gasteiger partial charge in [-0.2, -0.15) is 0 Å². The number of aliphatic imine (C=N–C) groups is 1. The molecule has 2 unspecified atom stereocenters. The quantitative estimate of drug-likeness (QED) is 0.271. The van der Waals surface area contributed by atoms with E-state index in [2.05, 4.69) is 27.0 Å². The molecule has 0 bridgehead atoms. The molecule has 3 aliphatic heterocycles. The van der Waals surface area contributed by atoms with E-state index in [1.165, 1.54) is 48.8 Å². The minimum absolute atomic E-state index is 0.0308. The number of carboxylic acid groups (broad SMARTS) is 1. The van der Waals surface area contributed by atoms with Gasteiger partial charge in [0.2, 0.25) is 0 Å². The van der Waals surface area contributed by atoms with E-state index in [1.807, 2.05) is 10.3 Å². The standard InChI is InChI=1S/C33H30ClFN6O5S/c1-46-32(44)27-26(37-29(30-36-11-15-47-30)38-28(27)24-10-9-22(35)16-25(24)34)19-39-13-14-41-23(17-39)18-40(33(41)45)12-3-2-4-20-5-7-21(8-6-20)31(42)43/h5-11,15-16,23,28H,3,12-14,17-19H2,1H3,(H,37,38)(H,42,43). The first-order chi connectivity index (χ1) is 22.7. The number of fused-ring (bicyclic) bond motifs is 1. The lowest BCUT2D eigenvalue weighted by Crippen LogP contribution is -2.53. The highest BCUT2D eigenvalue weighted by Gasteiger charge is 2.41. The Morgan fingerprint density at radius 1 is 1.19 bits per heavy atom. The van der Waals surface area contributed by atoms with Gasteiger partial charge in [0.1, 0.15) is 11.9 Å². The topological polar surface area (TPSA) is 128 Å². The van der Waals surface area contributed by atoms with Crippen LogP contribution < -0.4 is 5.32 Å². The van der Waals surface area contributed by atoms with Gasteiger partial charge in [-0.1, -0.05) is 29.5 Å². The molecule has 1 aromatic heterocycles. The van der Waals surface area contributed by atoms with E-state index in [0.29, 0.717) is 73.4 Å². The van der Waals surface area contributed by atoms with Crippen molar-refractivity contribution in [1.82, 2.24) is 25.0 Å². The number of hydrogen-bond acceptors (Lipinski definition) is 9. The smallest absolute Gasteiger partial charge is 0.338 e. The molecule has 0 spiro atoms. The zero-order chi connectivity index (χ0) is 33.1. The third-order valence-corrected chi connectivity index (χ3v) is 9.30. The maximum atomic E-state index is 14.0. The van der Waals surface area contributed by atoms with Gasteiger partial charge in [-0.25, -0.2) is 23.8 Å². The van der Waals surface area contributed by atoms with Gasteiger partial charge >= 0.3 is 18.0 Å². The number of aromatic nitrogens is 1. The molecule has 11 nitrogen and oxygen atoms in total. The second-order valence-electron chi connectivity index (χ2n) is 11.1. The maximum absolute atomic E-state index is 14.0. The number of urea groups is 1. The van der Waals surface area contributed by atoms with Gasteiger partial charge < -0.3 is 25.0 Å². The Balaban J connectivity index is 1.17. The molecule has 3 aromatic rings. The number of hydrogen-bond donors (Lipinski definition) is 2. The third-order valence-electron chi connectivity index (χ3n) is 8.19. The highest BCUT2D eigenvalue weighted by Crippen LogP contribution is 2.37. The SMILES string of the molecule is COC(=O)C1=C(CN2CCN3C(=O)N(CCC#Cc4ccc(C(=O)O)cc4)CC3C2)NC(c2nccs2)=NC1c1ccc(F)cc1Cl. The predicted octanol–water partition coefficient (Wildman–Crippen LogP) is 4.02. The molecule has 2 N–H and O–H groups in total. The molecule has 0 radical (unpaired) electrons. The third kappa shape index (κ3) is 7.00. The number of carboxylic acids is 1. The van der Waals surface area contributed by atoms with E-state index in [4.69, 9.17) is 26.4 Å². The number of nitrogens with one attached hydrogen (secondary N) is 1. The summed E-state index contributed by atoms with van der Waals surface area (Å²) in [5, 5.41) is 15.0. The van der Waals surface area contributed by atoms with Crippen LogP contribution in [0.4, 0.5) is 9.18 Å². The molecular formula is C33H30ClFN6O5S. The molecule has 2 aromatic carbocycles. The summed E-state index contributed by atoms with van der Waals surface area (Å²) in [7, 11) is 1.30. The Morgan fingerprint density at radius 2 is 2.00 bits per heavy atom. The number of carbonyl (C=O) groups excluding carboxylic acids is 2. The minimum Gasteiger partial charge on any atom is -0.478 e. The zero-order valence-electron chi connectivity index (χ0n) is 25.3. The van der Waals surface area contributed by atoms with Gasteiger partial charge in [0.25, 0.3) is 0 Å². The fourth-order valence-electron chi connectivity index (χ4n) is 5.92. The van der Waals surface area contributed by atoms with E-state index >= 15 is 0 Å². The van der Waals surface area contributed by atoms with Crippen molar-refractivity contribution in [3.05, 3.63) is 97.8 Å². The number of nitrogens with zero attached hydrogens (tertiary/aromatic N) is 5. The Labute approximate surface area is 279 Å². The lowest BCUT2D eigenvalue weighted by molar-refractivity contribution is -0.136. The Hall–Kier alpha value is -4.77. The first-order valence-corrected chi connectivity index (χ1v) is 16.1. The second-order valence-corrected chi connectivity index (χ2v) is 12.4. The van der Waals surface area contributed by atoms with E-state index in [1.54, 1.807) is 23.2 Å². The molecule has 0 aliphatic carbocycles. The number of rotatable bonds is 8. The molecular weight excluding hydrogens is 647 g/mol. The van der Waals surface area contributed by atoms with Gasteiger partial charge in [-0.15, -0.1) is 11.3 Å². The predicted molar refractivity (Wildman–Crippen MR) is 174 cm³/mol. The Morgan fingerprint density at radius 3 is 2.70 bits per heavy atom. The molecule has 14 heteroatoms. The summed E-state index contributed by atoms with van der Waals surface area (Å²) in [6.45, 7) is 3.03. The van der Waals surface area contributed by atoms with Crippen LogP contribution in [0.2, 0.25) is 5.02 Å². The number of esters is 1. The summed E-state index contributed by atoms with van der Waals surface area (Å²) in [4.78, 5) is 52.6. The molecule has 0 saturated carbocycles. The van der Waals surface area contributed by atoms with E-state index in [9.17, 15) is 18.8 Å². The lowest BCUT2D eigenvalue weighted by Gasteiger charge is -2.38. The second kappa shape index (κ2) is 13.9. The van der Waals surface area contributed by atoms with Crippen LogP contribution in [0.15, 0.2) is 70.3 Å². The summed E-state index contributed by atoms with van der Waals surface area (Å²) < 4.78 is 19.2. The average molecular weight is 677 g/mol. The van der Waals surface area contributed by atoms with Crippen LogP contribution in [0.3, 0.4) is 0 Å². The lowest BCUT2D eigenvalue weighted by atomic mass is 9.95. The van der Waals surface area contributed by atoms with Crippen molar-refractivity contribution in [2.45, 2.75) is 18.5 Å². The number of amidine groups is 1. The van der Waals surface area contributed by atoms with Gasteiger partial charge in [0.15, 0.2) is 10.8 Å². The summed E-state index contributed by atoms with van der Waals surface area (Å²) >= 11 is 7.86. The number of piperazine rings is 1. The summed E-state index contributed by atoms with van der Waals surface area (Å²) in [5.41, 5.74) is 2.21. The highest BCUT2D eigenvalue weighted by atomic mass is 35.5. The monoisotopic (exact) mass is 676 g/mol. The van der Waals surface area contributed by atoms with Crippen LogP contribution >= 0.6 is 22.9 Å². The van der Waals surface area contributed by atoms with Crippen LogP contribution in [0.5, 0.6) is 0 Å². The minimum atomic E-state index is -0.990. The van der Waals surface area contributed by atoms with Crippen molar-refractivity contribution in [2.75, 3.05) is 46.4 Å². The van der Waals surface area contributed by atoms with Crippen LogP contribution in [-0.2, 0) is 9.53 Å². The molecule has 2 saturated heterocycles. The molecule has 2 amide bonds. The number of carbonyl (C=O) groups is 3. The molecule has 3 aliphatic rings. The number of amides is 2. The van der Waals surface area contributed by atoms with E-state index < -0.39 is 23.8 Å². The molecule has 242 valence electrons. The Bertz CT molecular complexity index is 1820. The van der Waals surface area contributed by atoms with Crippen molar-refractivity contribution in [3.8, 4) is 11.8 Å². The van der Waals surface area contributed by atoms with Gasteiger partial charge in [0.05, 0.1) is 24.3 Å². The highest BCUT2D eigenvalue weighted by molar-refractivity contribution is 7.11. The molecule has 2 atom stereocenters. The molecule has 4 heterocycles. The van der Waals surface area contributed by atoms with Crippen LogP contribution in [-0.4, -0.2) is 101 Å². The average Bonchev–Trinajstić information content (AvgIpc) is 3.71. The first kappa shape index (κ1) is 32.2. The first-order valence-electron chi connectivity index (χ1n) is 14.8. The summed E-state index contributed by atoms with van der Waals surface area (Å²) in [5.74, 6) is 4.49. The molecule has 6 rings (SSSR count). The summed E-state index contributed by atoms with van der Waals surface area (Å²) in [6.07, 6.45) is 2.14. The number of halogens is 2. The maximum Gasteiger partial charge on any atom is 0.338 e. The fourth-order valence-corrected chi connectivity index (χ4v) is 6.77. The Kier molecular flexibility index (Phi) is 9.53. The molecule has 47 heavy (non-hydrogen) atoms.